The first kappa shape index (κ1) is 27.9. The average Bonchev–Trinajstić information content (AvgIpc) is 3.29. The Morgan fingerprint density at radius 1 is 1.00 bits per heavy atom. The van der Waals surface area contributed by atoms with E-state index in [1.807, 2.05) is 0 Å². The number of Topliss-reactive ketones (excluding diaryl/α,β-unsaturated/α-hetero) is 1. The Kier molecular flexibility index (Phi) is 8.84. The molecule has 9 heteroatoms. The van der Waals surface area contributed by atoms with Gasteiger partial charge in [-0.05, 0) is 53.4 Å². The summed E-state index contributed by atoms with van der Waals surface area (Å²) in [5.74, 6) is -0.713. The molecule has 3 aliphatic heterocycles. The number of halogens is 4. The summed E-state index contributed by atoms with van der Waals surface area (Å²) in [5, 5.41) is 0. The first-order chi connectivity index (χ1) is 17.3. The number of benzene rings is 2. The molecule has 3 saturated heterocycles. The van der Waals surface area contributed by atoms with E-state index >= 15 is 0 Å². The fourth-order valence-electron chi connectivity index (χ4n) is 5.80. The number of hydrogen-bond acceptors (Lipinski definition) is 4. The Bertz CT molecular complexity index is 1230. The predicted octanol–water partition coefficient (Wildman–Crippen LogP) is 3.45. The van der Waals surface area contributed by atoms with Gasteiger partial charge in [0.1, 0.15) is 18.2 Å². The van der Waals surface area contributed by atoms with Gasteiger partial charge in [-0.3, -0.25) is 9.59 Å². The number of esters is 1. The monoisotopic (exact) mass is 609 g/mol. The zero-order valence-electron chi connectivity index (χ0n) is 20.0. The average molecular weight is 611 g/mol. The molecule has 0 unspecified atom stereocenters. The topological polar surface area (TPSA) is 43.4 Å². The largest absolute Gasteiger partial charge is 1.00 e. The van der Waals surface area contributed by atoms with Crippen LogP contribution in [0, 0.1) is 23.5 Å². The quantitative estimate of drug-likeness (QED) is 0.223. The van der Waals surface area contributed by atoms with Crippen molar-refractivity contribution in [2.24, 2.45) is 11.8 Å². The van der Waals surface area contributed by atoms with Crippen LogP contribution in [-0.4, -0.2) is 42.4 Å². The standard InChI is InChI=1S/C28H27ClF2NO3S.BrH/c29-26-8-7-25(36-26)24(33)17-32-11-9-18(10-12-32)21(16-32)15-27(34)35-28(19-3-1-5-22(30)13-19)20-4-2-6-23(31)14-20;/h1-8,13-14,18,21,28H,9-12,15-17H2;1H/q+1;/p-1/t18?,21-,32?;/m0./s1. The van der Waals surface area contributed by atoms with E-state index in [2.05, 4.69) is 0 Å². The number of rotatable bonds is 8. The first-order valence-corrected chi connectivity index (χ1v) is 13.3. The molecule has 0 aliphatic carbocycles. The maximum Gasteiger partial charge on any atom is 0.307 e. The van der Waals surface area contributed by atoms with Gasteiger partial charge in [0, 0.05) is 18.8 Å². The summed E-state index contributed by atoms with van der Waals surface area (Å²) >= 11 is 7.32. The number of piperidine rings is 3. The smallest absolute Gasteiger partial charge is 0.307 e. The zero-order chi connectivity index (χ0) is 25.3. The highest BCUT2D eigenvalue weighted by molar-refractivity contribution is 7.18. The molecule has 0 amide bonds. The lowest BCUT2D eigenvalue weighted by Crippen LogP contribution is -3.00. The number of fused-ring (bicyclic) bond motifs is 3. The predicted molar refractivity (Wildman–Crippen MR) is 135 cm³/mol. The second-order valence-electron chi connectivity index (χ2n) is 9.94. The lowest BCUT2D eigenvalue weighted by atomic mass is 9.75. The Morgan fingerprint density at radius 2 is 1.62 bits per heavy atom. The van der Waals surface area contributed by atoms with Crippen molar-refractivity contribution >= 4 is 34.7 Å². The second kappa shape index (κ2) is 11.7. The molecule has 4 heterocycles. The summed E-state index contributed by atoms with van der Waals surface area (Å²) < 4.78 is 35.1. The van der Waals surface area contributed by atoms with E-state index in [0.29, 0.717) is 37.3 Å². The van der Waals surface area contributed by atoms with E-state index in [1.54, 1.807) is 36.4 Å². The molecule has 37 heavy (non-hydrogen) atoms. The second-order valence-corrected chi connectivity index (χ2v) is 11.7. The van der Waals surface area contributed by atoms with Crippen LogP contribution in [-0.2, 0) is 9.53 Å². The summed E-state index contributed by atoms with van der Waals surface area (Å²) in [4.78, 5) is 26.8. The van der Waals surface area contributed by atoms with Crippen molar-refractivity contribution in [2.75, 3.05) is 26.2 Å². The molecule has 3 aliphatic rings. The number of thiophene rings is 1. The number of ketones is 1. The summed E-state index contributed by atoms with van der Waals surface area (Å²) in [5.41, 5.74) is 0.901. The fourth-order valence-corrected chi connectivity index (χ4v) is 6.77. The molecule has 3 fully saturated rings. The molecule has 6 rings (SSSR count). The van der Waals surface area contributed by atoms with Gasteiger partial charge in [-0.1, -0.05) is 35.9 Å². The SMILES string of the molecule is O=C(C[C@H]1C[N+]2(CC(=O)c3ccc(Cl)s3)CCC1CC2)OC(c1cccc(F)c1)c1cccc(F)c1.[Br-]. The number of carbonyl (C=O) groups excluding carboxylic acids is 2. The lowest BCUT2D eigenvalue weighted by molar-refractivity contribution is -0.939. The minimum atomic E-state index is -0.904. The Hall–Kier alpha value is -2.13. The van der Waals surface area contributed by atoms with Crippen LogP contribution in [0.2, 0.25) is 4.34 Å². The molecule has 0 N–H and O–H groups in total. The van der Waals surface area contributed by atoms with Crippen molar-refractivity contribution in [3.63, 3.8) is 0 Å². The van der Waals surface area contributed by atoms with Gasteiger partial charge >= 0.3 is 5.97 Å². The van der Waals surface area contributed by atoms with E-state index in [-0.39, 0.29) is 35.1 Å². The molecule has 1 atom stereocenters. The lowest BCUT2D eigenvalue weighted by Gasteiger charge is -2.52. The summed E-state index contributed by atoms with van der Waals surface area (Å²) in [6.07, 6.45) is 1.24. The minimum absolute atomic E-state index is 0. The van der Waals surface area contributed by atoms with Crippen LogP contribution in [0.5, 0.6) is 0 Å². The van der Waals surface area contributed by atoms with E-state index in [1.165, 1.54) is 35.6 Å². The van der Waals surface area contributed by atoms with E-state index in [0.717, 1.165) is 32.5 Å². The van der Waals surface area contributed by atoms with Crippen LogP contribution in [0.1, 0.15) is 46.2 Å². The molecule has 2 bridgehead atoms. The Labute approximate surface area is 234 Å². The minimum Gasteiger partial charge on any atom is -1.00 e. The van der Waals surface area contributed by atoms with Crippen LogP contribution in [0.4, 0.5) is 8.78 Å². The summed E-state index contributed by atoms with van der Waals surface area (Å²) in [6.45, 7) is 3.01. The third-order valence-corrected chi connectivity index (χ3v) is 8.82. The van der Waals surface area contributed by atoms with Gasteiger partial charge in [-0.15, -0.1) is 11.3 Å². The number of hydrogen-bond donors (Lipinski definition) is 0. The highest BCUT2D eigenvalue weighted by Gasteiger charge is 2.47. The van der Waals surface area contributed by atoms with Crippen molar-refractivity contribution in [1.82, 2.24) is 0 Å². The summed E-state index contributed by atoms with van der Waals surface area (Å²) in [6, 6.07) is 15.2. The highest BCUT2D eigenvalue weighted by Crippen LogP contribution is 2.40. The Balaban J connectivity index is 0.00000320. The van der Waals surface area contributed by atoms with Crippen molar-refractivity contribution in [2.45, 2.75) is 25.4 Å². The van der Waals surface area contributed by atoms with Crippen LogP contribution in [0.3, 0.4) is 0 Å². The van der Waals surface area contributed by atoms with Gasteiger partial charge in [0.25, 0.3) is 0 Å². The van der Waals surface area contributed by atoms with Gasteiger partial charge in [0.05, 0.1) is 35.3 Å². The third kappa shape index (κ3) is 6.48. The van der Waals surface area contributed by atoms with Gasteiger partial charge in [-0.25, -0.2) is 8.78 Å². The van der Waals surface area contributed by atoms with Crippen molar-refractivity contribution in [1.29, 1.82) is 0 Å². The fraction of sp³-hybridized carbons (Fsp3) is 0.357. The van der Waals surface area contributed by atoms with Crippen LogP contribution in [0.15, 0.2) is 60.7 Å². The van der Waals surface area contributed by atoms with Crippen molar-refractivity contribution in [3.05, 3.63) is 92.6 Å². The molecule has 196 valence electrons. The Morgan fingerprint density at radius 3 is 2.16 bits per heavy atom. The molecular formula is C28H27BrClF2NO3S. The van der Waals surface area contributed by atoms with Gasteiger partial charge in [0.2, 0.25) is 5.78 Å². The van der Waals surface area contributed by atoms with Crippen LogP contribution < -0.4 is 17.0 Å². The summed E-state index contributed by atoms with van der Waals surface area (Å²) in [7, 11) is 0. The molecule has 1 aromatic heterocycles. The molecule has 4 nitrogen and oxygen atoms in total. The first-order valence-electron chi connectivity index (χ1n) is 12.1. The molecule has 3 aromatic rings. The van der Waals surface area contributed by atoms with Gasteiger partial charge in [-0.2, -0.15) is 0 Å². The van der Waals surface area contributed by atoms with E-state index < -0.39 is 23.7 Å². The zero-order valence-corrected chi connectivity index (χ0v) is 23.2. The van der Waals surface area contributed by atoms with Crippen molar-refractivity contribution in [3.8, 4) is 0 Å². The van der Waals surface area contributed by atoms with E-state index in [4.69, 9.17) is 16.3 Å². The normalized spacial score (nSPS) is 22.5. The molecule has 0 spiro atoms. The third-order valence-electron chi connectivity index (χ3n) is 7.54. The number of quaternary nitrogens is 1. The molecule has 0 saturated carbocycles. The maximum absolute atomic E-state index is 14.0. The van der Waals surface area contributed by atoms with Crippen LogP contribution in [0.25, 0.3) is 0 Å². The number of nitrogens with zero attached hydrogens (tertiary/aromatic N) is 1. The number of ether oxygens (including phenoxy) is 1. The highest BCUT2D eigenvalue weighted by atomic mass is 79.9. The van der Waals surface area contributed by atoms with Crippen LogP contribution >= 0.6 is 22.9 Å². The number of carbonyl (C=O) groups is 2. The molecule has 0 radical (unpaired) electrons. The van der Waals surface area contributed by atoms with Gasteiger partial charge < -0.3 is 26.2 Å². The maximum atomic E-state index is 14.0. The van der Waals surface area contributed by atoms with Gasteiger partial charge in [0.15, 0.2) is 6.10 Å². The van der Waals surface area contributed by atoms with E-state index in [9.17, 15) is 18.4 Å². The van der Waals surface area contributed by atoms with Crippen molar-refractivity contribution < 1.29 is 44.6 Å². The molecule has 2 aromatic carbocycles. The molecular weight excluding hydrogens is 584 g/mol.